The van der Waals surface area contributed by atoms with Gasteiger partial charge in [-0.15, -0.1) is 0 Å². The van der Waals surface area contributed by atoms with Gasteiger partial charge in [-0.3, -0.25) is 4.68 Å². The van der Waals surface area contributed by atoms with Crippen molar-refractivity contribution in [2.75, 3.05) is 13.4 Å². The number of nitrogens with two attached hydrogens (primary N) is 1. The van der Waals surface area contributed by atoms with E-state index in [-0.39, 0.29) is 0 Å². The number of nitrogens with zero attached hydrogens (tertiary/aromatic N) is 2. The molecule has 31 heavy (non-hydrogen) atoms. The topological polar surface area (TPSA) is 87.2 Å². The molecule has 0 saturated heterocycles. The monoisotopic (exact) mass is 457 g/mol. The molecule has 0 aliphatic rings. The lowest BCUT2D eigenvalue weighted by molar-refractivity contribution is -0.141. The van der Waals surface area contributed by atoms with Crippen LogP contribution in [0.1, 0.15) is 16.8 Å². The van der Waals surface area contributed by atoms with E-state index in [2.05, 4.69) is 48.4 Å². The van der Waals surface area contributed by atoms with Crippen molar-refractivity contribution in [2.45, 2.75) is 20.0 Å². The maximum atomic E-state index is 12.5. The van der Waals surface area contributed by atoms with Crippen LogP contribution < -0.4 is 9.88 Å². The van der Waals surface area contributed by atoms with Crippen LogP contribution in [0.5, 0.6) is 5.75 Å². The Hall–Kier alpha value is -2.85. The molecule has 0 spiro atoms. The first-order valence-electron chi connectivity index (χ1n) is 8.97. The Morgan fingerprint density at radius 2 is 1.39 bits per heavy atom. The normalized spacial score (nSPS) is 11.0. The van der Waals surface area contributed by atoms with Gasteiger partial charge in [-0.25, -0.2) is 13.6 Å². The summed E-state index contributed by atoms with van der Waals surface area (Å²) in [5, 5.41) is 7.79. The fourth-order valence-corrected chi connectivity index (χ4v) is 2.27. The minimum atomic E-state index is -4.43. The summed E-state index contributed by atoms with van der Waals surface area (Å²) in [5.74, 6) is 0.650. The second-order valence-corrected chi connectivity index (χ2v) is 8.41. The molecule has 0 fully saturated rings. The largest absolute Gasteiger partial charge is 0.497 e. The van der Waals surface area contributed by atoms with Crippen molar-refractivity contribution in [3.63, 3.8) is 0 Å². The van der Waals surface area contributed by atoms with E-state index in [1.54, 1.807) is 24.3 Å². The second kappa shape index (κ2) is 11.0. The van der Waals surface area contributed by atoms with Gasteiger partial charge in [0.25, 0.3) is 0 Å². The molecule has 10 heteroatoms. The number of hydrogen-bond donors (Lipinski definition) is 1. The molecular weight excluding hydrogens is 431 g/mol. The molecule has 170 valence electrons. The number of halogens is 3. The Morgan fingerprint density at radius 1 is 0.968 bits per heavy atom. The molecule has 3 aromatic rings. The molecule has 2 N–H and O–H groups in total. The number of rotatable bonds is 2. The number of primary sulfonamides is 1. The number of alkyl halides is 3. The summed E-state index contributed by atoms with van der Waals surface area (Å²) < 4.78 is 62.6. The zero-order valence-electron chi connectivity index (χ0n) is 17.9. The van der Waals surface area contributed by atoms with Crippen molar-refractivity contribution in [3.05, 3.63) is 71.4 Å². The molecule has 0 bridgehead atoms. The molecule has 0 aliphatic carbocycles. The quantitative estimate of drug-likeness (QED) is 0.621. The van der Waals surface area contributed by atoms with Crippen LogP contribution >= 0.6 is 0 Å². The average Bonchev–Trinajstić information content (AvgIpc) is 3.06. The number of aryl methyl sites for hydroxylation is 3. The summed E-state index contributed by atoms with van der Waals surface area (Å²) in [7, 11) is -0.157. The van der Waals surface area contributed by atoms with Gasteiger partial charge in [0.15, 0.2) is 5.69 Å². The molecule has 2 aromatic carbocycles. The van der Waals surface area contributed by atoms with Crippen LogP contribution in [0.25, 0.3) is 11.3 Å². The molecule has 1 aromatic heterocycles. The van der Waals surface area contributed by atoms with Gasteiger partial charge in [0.1, 0.15) is 5.75 Å². The van der Waals surface area contributed by atoms with Crippen LogP contribution in [-0.4, -0.2) is 31.6 Å². The molecule has 6 nitrogen and oxygen atoms in total. The third-order valence-electron chi connectivity index (χ3n) is 3.77. The zero-order valence-corrected chi connectivity index (χ0v) is 18.8. The zero-order chi connectivity index (χ0) is 23.8. The fourth-order valence-electron chi connectivity index (χ4n) is 2.27. The van der Waals surface area contributed by atoms with Crippen LogP contribution in [-0.2, 0) is 23.2 Å². The minimum absolute atomic E-state index is 0.407. The highest BCUT2D eigenvalue weighted by Gasteiger charge is 2.34. The predicted octanol–water partition coefficient (Wildman–Crippen LogP) is 4.32. The van der Waals surface area contributed by atoms with Crippen molar-refractivity contribution in [3.8, 4) is 17.0 Å². The van der Waals surface area contributed by atoms with Gasteiger partial charge in [0.2, 0.25) is 10.0 Å². The summed E-state index contributed by atoms with van der Waals surface area (Å²) in [5.41, 5.74) is 2.83. The first-order chi connectivity index (χ1) is 14.2. The van der Waals surface area contributed by atoms with Crippen LogP contribution in [0.3, 0.4) is 0 Å². The average molecular weight is 458 g/mol. The van der Waals surface area contributed by atoms with E-state index in [0.717, 1.165) is 12.3 Å². The van der Waals surface area contributed by atoms with E-state index in [9.17, 15) is 21.6 Å². The first kappa shape index (κ1) is 26.2. The number of hydrogen-bond acceptors (Lipinski definition) is 4. The lowest BCUT2D eigenvalue weighted by Gasteiger charge is -2.03. The minimum Gasteiger partial charge on any atom is -0.497 e. The lowest BCUT2D eigenvalue weighted by atomic mass is 10.1. The summed E-state index contributed by atoms with van der Waals surface area (Å²) in [6.07, 6.45) is -3.49. The van der Waals surface area contributed by atoms with Crippen LogP contribution in [0.2, 0.25) is 0 Å². The van der Waals surface area contributed by atoms with E-state index >= 15 is 0 Å². The van der Waals surface area contributed by atoms with Crippen molar-refractivity contribution in [1.29, 1.82) is 0 Å². The number of methoxy groups -OCH3 is 1. The van der Waals surface area contributed by atoms with Crippen LogP contribution in [0.4, 0.5) is 13.2 Å². The Bertz CT molecular complexity index is 1030. The number of ether oxygens (including phenoxy) is 1. The van der Waals surface area contributed by atoms with Crippen LogP contribution in [0, 0.1) is 13.8 Å². The summed E-state index contributed by atoms with van der Waals surface area (Å²) >= 11 is 0. The molecular formula is C21H26F3N3O3S. The predicted molar refractivity (Wildman–Crippen MR) is 115 cm³/mol. The lowest BCUT2D eigenvalue weighted by Crippen LogP contribution is -2.07. The standard InChI is InChI=1S/C12H11F3N2O.C8H10.CH5NO2S/c1-17-10(7-11(16-17)12(13,14)15)8-3-5-9(18-2)6-4-8;1-7-3-5-8(2)6-4-7;1-5(2,3)4/h3-7H,1-2H3;3-6H,1-2H3;1H3,(H2,2,3,4). The summed E-state index contributed by atoms with van der Waals surface area (Å²) in [6.45, 7) is 4.19. The Labute approximate surface area is 180 Å². The highest BCUT2D eigenvalue weighted by atomic mass is 32.2. The highest BCUT2D eigenvalue weighted by Crippen LogP contribution is 2.31. The first-order valence-corrected chi connectivity index (χ1v) is 10.9. The Balaban J connectivity index is 0.000000304. The third-order valence-corrected chi connectivity index (χ3v) is 3.77. The molecule has 0 amide bonds. The van der Waals surface area contributed by atoms with Gasteiger partial charge in [0, 0.05) is 12.6 Å². The van der Waals surface area contributed by atoms with Gasteiger partial charge < -0.3 is 4.74 Å². The Kier molecular flexibility index (Phi) is 9.26. The van der Waals surface area contributed by atoms with Gasteiger partial charge in [-0.05, 0) is 44.2 Å². The van der Waals surface area contributed by atoms with E-state index in [1.165, 1.54) is 30.0 Å². The fraction of sp³-hybridized carbons (Fsp3) is 0.286. The van der Waals surface area contributed by atoms with Crippen molar-refractivity contribution >= 4 is 10.0 Å². The molecule has 3 rings (SSSR count). The van der Waals surface area contributed by atoms with Gasteiger partial charge >= 0.3 is 6.18 Å². The van der Waals surface area contributed by atoms with E-state index in [0.29, 0.717) is 17.0 Å². The molecule has 0 unspecified atom stereocenters. The van der Waals surface area contributed by atoms with Crippen molar-refractivity contribution < 1.29 is 26.3 Å². The molecule has 0 aliphatic heterocycles. The van der Waals surface area contributed by atoms with Gasteiger partial charge in [-0.2, -0.15) is 18.3 Å². The summed E-state index contributed by atoms with van der Waals surface area (Å²) in [6, 6.07) is 16.3. The Morgan fingerprint density at radius 3 is 1.71 bits per heavy atom. The van der Waals surface area contributed by atoms with Crippen molar-refractivity contribution in [1.82, 2.24) is 9.78 Å². The maximum absolute atomic E-state index is 12.5. The molecule has 0 atom stereocenters. The van der Waals surface area contributed by atoms with Crippen molar-refractivity contribution in [2.24, 2.45) is 12.2 Å². The maximum Gasteiger partial charge on any atom is 0.435 e. The third kappa shape index (κ3) is 10.1. The number of benzene rings is 2. The molecule has 0 saturated carbocycles. The van der Waals surface area contributed by atoms with Crippen LogP contribution in [0.15, 0.2) is 54.6 Å². The number of sulfonamides is 1. The second-order valence-electron chi connectivity index (χ2n) is 6.75. The molecule has 1 heterocycles. The van der Waals surface area contributed by atoms with Gasteiger partial charge in [-0.1, -0.05) is 35.4 Å². The number of aromatic nitrogens is 2. The summed E-state index contributed by atoms with van der Waals surface area (Å²) in [4.78, 5) is 0. The van der Waals surface area contributed by atoms with E-state index < -0.39 is 21.9 Å². The smallest absolute Gasteiger partial charge is 0.435 e. The van der Waals surface area contributed by atoms with Gasteiger partial charge in [0.05, 0.1) is 19.1 Å². The van der Waals surface area contributed by atoms with E-state index in [4.69, 9.17) is 4.74 Å². The van der Waals surface area contributed by atoms with E-state index in [1.807, 2.05) is 0 Å². The SMILES string of the molecule is COc1ccc(-c2cc(C(F)(F)F)nn2C)cc1.CS(N)(=O)=O.Cc1ccc(C)cc1. The molecule has 0 radical (unpaired) electrons. The highest BCUT2D eigenvalue weighted by molar-refractivity contribution is 7.88.